The van der Waals surface area contributed by atoms with E-state index in [2.05, 4.69) is 53.8 Å². The predicted molar refractivity (Wildman–Crippen MR) is 68.3 cm³/mol. The van der Waals surface area contributed by atoms with Gasteiger partial charge >= 0.3 is 0 Å². The van der Waals surface area contributed by atoms with Crippen LogP contribution in [0.1, 0.15) is 11.4 Å². The molecule has 1 rings (SSSR count). The van der Waals surface area contributed by atoms with Crippen molar-refractivity contribution in [2.45, 2.75) is 13.5 Å². The minimum atomic E-state index is 0.802. The van der Waals surface area contributed by atoms with E-state index < -0.39 is 0 Å². The van der Waals surface area contributed by atoms with Crippen LogP contribution in [0.4, 0.5) is 0 Å². The highest BCUT2D eigenvalue weighted by Crippen LogP contribution is 2.01. The van der Waals surface area contributed by atoms with Crippen molar-refractivity contribution in [2.24, 2.45) is 0 Å². The lowest BCUT2D eigenvalue weighted by molar-refractivity contribution is 0.358. The van der Waals surface area contributed by atoms with Gasteiger partial charge in [-0.05, 0) is 26.1 Å². The highest BCUT2D eigenvalue weighted by atomic mass is 32.1. The Kier molecular flexibility index (Phi) is 5.43. The molecule has 3 heteroatoms. The van der Waals surface area contributed by atoms with Crippen LogP contribution in [0.5, 0.6) is 0 Å². The molecule has 82 valence electrons. The summed E-state index contributed by atoms with van der Waals surface area (Å²) >= 11 is 4.12. The molecule has 1 heterocycles. The Hall–Kier alpha value is -0.800. The zero-order valence-electron chi connectivity index (χ0n) is 9.35. The van der Waals surface area contributed by atoms with Crippen molar-refractivity contribution in [3.63, 3.8) is 0 Å². The topological polar surface area (TPSA) is 16.1 Å². The molecule has 0 amide bonds. The Bertz CT molecular complexity index is 323. The van der Waals surface area contributed by atoms with Gasteiger partial charge in [0.2, 0.25) is 0 Å². The van der Waals surface area contributed by atoms with Gasteiger partial charge < -0.3 is 0 Å². The van der Waals surface area contributed by atoms with Gasteiger partial charge in [-0.25, -0.2) is 0 Å². The van der Waals surface area contributed by atoms with Gasteiger partial charge in [-0.2, -0.15) is 12.6 Å². The molecule has 0 fully saturated rings. The average molecular weight is 222 g/mol. The van der Waals surface area contributed by atoms with Crippen LogP contribution in [0.3, 0.4) is 0 Å². The lowest BCUT2D eigenvalue weighted by Crippen LogP contribution is -2.18. The van der Waals surface area contributed by atoms with E-state index in [9.17, 15) is 0 Å². The lowest BCUT2D eigenvalue weighted by Gasteiger charge is -2.13. The van der Waals surface area contributed by atoms with Crippen LogP contribution in [0.25, 0.3) is 0 Å². The maximum Gasteiger partial charge on any atom is 0.0547 e. The van der Waals surface area contributed by atoms with Crippen molar-refractivity contribution >= 4 is 12.6 Å². The van der Waals surface area contributed by atoms with Gasteiger partial charge in [-0.1, -0.05) is 18.2 Å². The number of nitrogens with zero attached hydrogens (tertiary/aromatic N) is 2. The summed E-state index contributed by atoms with van der Waals surface area (Å²) in [5, 5.41) is 0. The molecule has 0 bridgehead atoms. The SMILES string of the molecule is Cc1cccc(CN(C)CC=CCS)n1. The van der Waals surface area contributed by atoms with Gasteiger partial charge in [0.25, 0.3) is 0 Å². The van der Waals surface area contributed by atoms with Crippen LogP contribution in [-0.4, -0.2) is 29.2 Å². The highest BCUT2D eigenvalue weighted by molar-refractivity contribution is 7.80. The second kappa shape index (κ2) is 6.64. The molecule has 15 heavy (non-hydrogen) atoms. The molecule has 0 saturated carbocycles. The van der Waals surface area contributed by atoms with E-state index in [4.69, 9.17) is 0 Å². The summed E-state index contributed by atoms with van der Waals surface area (Å²) in [6, 6.07) is 6.13. The molecule has 0 unspecified atom stereocenters. The average Bonchev–Trinajstić information content (AvgIpc) is 2.18. The molecular weight excluding hydrogens is 204 g/mol. The van der Waals surface area contributed by atoms with Crippen molar-refractivity contribution in [1.82, 2.24) is 9.88 Å². The molecule has 0 radical (unpaired) electrons. The summed E-state index contributed by atoms with van der Waals surface area (Å²) in [5.41, 5.74) is 2.20. The number of hydrogen-bond acceptors (Lipinski definition) is 3. The molecule has 0 atom stereocenters. The van der Waals surface area contributed by atoms with Gasteiger partial charge in [0.15, 0.2) is 0 Å². The molecule has 0 aromatic carbocycles. The minimum Gasteiger partial charge on any atom is -0.297 e. The second-order valence-corrected chi connectivity index (χ2v) is 3.99. The first-order valence-electron chi connectivity index (χ1n) is 5.09. The number of thiol groups is 1. The van der Waals surface area contributed by atoms with E-state index in [1.165, 1.54) is 0 Å². The van der Waals surface area contributed by atoms with Crippen molar-refractivity contribution in [3.8, 4) is 0 Å². The third-order valence-electron chi connectivity index (χ3n) is 2.07. The molecule has 0 spiro atoms. The van der Waals surface area contributed by atoms with Gasteiger partial charge in [-0.15, -0.1) is 0 Å². The lowest BCUT2D eigenvalue weighted by atomic mass is 10.3. The Labute approximate surface area is 97.4 Å². The molecular formula is C12H18N2S. The fraction of sp³-hybridized carbons (Fsp3) is 0.417. The van der Waals surface area contributed by atoms with E-state index in [1.54, 1.807) is 0 Å². The number of aryl methyl sites for hydroxylation is 1. The smallest absolute Gasteiger partial charge is 0.0547 e. The molecule has 0 N–H and O–H groups in total. The van der Waals surface area contributed by atoms with E-state index in [-0.39, 0.29) is 0 Å². The standard InChI is InChI=1S/C12H18N2S/c1-11-6-5-7-12(13-11)10-14(2)8-3-4-9-15/h3-7,15H,8-10H2,1-2H3. The minimum absolute atomic E-state index is 0.802. The summed E-state index contributed by atoms with van der Waals surface area (Å²) in [6.07, 6.45) is 4.19. The fourth-order valence-corrected chi connectivity index (χ4v) is 1.51. The first-order chi connectivity index (χ1) is 7.22. The second-order valence-electron chi connectivity index (χ2n) is 3.62. The Morgan fingerprint density at radius 3 is 2.87 bits per heavy atom. The molecule has 0 aliphatic rings. The largest absolute Gasteiger partial charge is 0.297 e. The number of hydrogen-bond donors (Lipinski definition) is 1. The van der Waals surface area contributed by atoms with Crippen LogP contribution >= 0.6 is 12.6 Å². The molecule has 1 aromatic heterocycles. The van der Waals surface area contributed by atoms with Gasteiger partial charge in [-0.3, -0.25) is 9.88 Å². The normalized spacial score (nSPS) is 11.5. The summed E-state index contributed by atoms with van der Waals surface area (Å²) in [6.45, 7) is 3.85. The maximum atomic E-state index is 4.46. The number of likely N-dealkylation sites (N-methyl/N-ethyl adjacent to an activating group) is 1. The van der Waals surface area contributed by atoms with Crippen LogP contribution in [0, 0.1) is 6.92 Å². The number of pyridine rings is 1. The van der Waals surface area contributed by atoms with Crippen molar-refractivity contribution < 1.29 is 0 Å². The summed E-state index contributed by atoms with van der Waals surface area (Å²) in [4.78, 5) is 6.68. The van der Waals surface area contributed by atoms with E-state index in [0.717, 1.165) is 30.2 Å². The van der Waals surface area contributed by atoms with E-state index in [1.807, 2.05) is 13.0 Å². The Balaban J connectivity index is 2.44. The summed E-state index contributed by atoms with van der Waals surface area (Å²) < 4.78 is 0. The van der Waals surface area contributed by atoms with Crippen LogP contribution < -0.4 is 0 Å². The van der Waals surface area contributed by atoms with Crippen molar-refractivity contribution in [2.75, 3.05) is 19.3 Å². The Morgan fingerprint density at radius 1 is 1.40 bits per heavy atom. The predicted octanol–water partition coefficient (Wildman–Crippen LogP) is 2.31. The zero-order valence-corrected chi connectivity index (χ0v) is 10.2. The van der Waals surface area contributed by atoms with Crippen LogP contribution in [-0.2, 0) is 6.54 Å². The summed E-state index contributed by atoms with van der Waals surface area (Å²) in [7, 11) is 2.09. The molecule has 0 aliphatic carbocycles. The molecule has 2 nitrogen and oxygen atoms in total. The van der Waals surface area contributed by atoms with Gasteiger partial charge in [0.1, 0.15) is 0 Å². The highest BCUT2D eigenvalue weighted by Gasteiger charge is 1.99. The van der Waals surface area contributed by atoms with Gasteiger partial charge in [0.05, 0.1) is 5.69 Å². The zero-order chi connectivity index (χ0) is 11.1. The third kappa shape index (κ3) is 5.00. The number of rotatable bonds is 5. The third-order valence-corrected chi connectivity index (χ3v) is 2.28. The molecule has 0 saturated heterocycles. The van der Waals surface area contributed by atoms with Crippen molar-refractivity contribution in [1.29, 1.82) is 0 Å². The first kappa shape index (κ1) is 12.3. The maximum absolute atomic E-state index is 4.46. The molecule has 1 aromatic rings. The molecule has 0 aliphatic heterocycles. The van der Waals surface area contributed by atoms with E-state index >= 15 is 0 Å². The monoisotopic (exact) mass is 222 g/mol. The quantitative estimate of drug-likeness (QED) is 0.608. The first-order valence-corrected chi connectivity index (χ1v) is 5.72. The fourth-order valence-electron chi connectivity index (χ4n) is 1.36. The van der Waals surface area contributed by atoms with E-state index in [0.29, 0.717) is 0 Å². The summed E-state index contributed by atoms with van der Waals surface area (Å²) in [5.74, 6) is 0.802. The van der Waals surface area contributed by atoms with Crippen molar-refractivity contribution in [3.05, 3.63) is 41.7 Å². The number of aromatic nitrogens is 1. The van der Waals surface area contributed by atoms with Gasteiger partial charge in [0, 0.05) is 24.5 Å². The Morgan fingerprint density at radius 2 is 2.20 bits per heavy atom. The van der Waals surface area contributed by atoms with Crippen LogP contribution in [0.2, 0.25) is 0 Å². The van der Waals surface area contributed by atoms with Crippen LogP contribution in [0.15, 0.2) is 30.4 Å².